The van der Waals surface area contributed by atoms with E-state index >= 15 is 0 Å². The Morgan fingerprint density at radius 1 is 1.00 bits per heavy atom. The minimum absolute atomic E-state index is 0. The maximum Gasteiger partial charge on any atom is 0.394 e. The Bertz CT molecular complexity index is 240. The van der Waals surface area contributed by atoms with Crippen LogP contribution in [0.5, 0.6) is 0 Å². The van der Waals surface area contributed by atoms with Gasteiger partial charge in [-0.05, 0) is 12.1 Å². The van der Waals surface area contributed by atoms with Gasteiger partial charge in [0.15, 0.2) is 0 Å². The van der Waals surface area contributed by atoms with E-state index in [-0.39, 0.29) is 17.1 Å². The molecule has 0 aliphatic heterocycles. The van der Waals surface area contributed by atoms with Gasteiger partial charge in [-0.15, -0.1) is 0 Å². The molecule has 0 aromatic carbocycles. The van der Waals surface area contributed by atoms with Crippen LogP contribution < -0.4 is 0 Å². The number of pyridine rings is 1. The van der Waals surface area contributed by atoms with Crippen molar-refractivity contribution in [1.29, 1.82) is 0 Å². The summed E-state index contributed by atoms with van der Waals surface area (Å²) in [5, 5.41) is 0. The Balaban J connectivity index is 0. The van der Waals surface area contributed by atoms with Crippen molar-refractivity contribution in [3.05, 3.63) is 30.6 Å². The molecule has 1 aromatic rings. The van der Waals surface area contributed by atoms with Crippen molar-refractivity contribution >= 4 is 10.4 Å². The molecular weight excluding hydrogens is 234 g/mol. The van der Waals surface area contributed by atoms with Crippen molar-refractivity contribution in [2.45, 2.75) is 0 Å². The first-order chi connectivity index (χ1) is 5.00. The first kappa shape index (κ1) is 14.1. The van der Waals surface area contributed by atoms with Crippen molar-refractivity contribution in [1.82, 2.24) is 4.98 Å². The number of rotatable bonds is 0. The Hall–Kier alpha value is -0.461. The van der Waals surface area contributed by atoms with E-state index in [0.29, 0.717) is 0 Å². The smallest absolute Gasteiger partial charge is 0.265 e. The van der Waals surface area contributed by atoms with Gasteiger partial charge < -0.3 is 0 Å². The zero-order chi connectivity index (χ0) is 8.74. The predicted octanol–water partition coefficient (Wildman–Crippen LogP) is 0.426. The Morgan fingerprint density at radius 3 is 1.42 bits per heavy atom. The minimum Gasteiger partial charge on any atom is -0.265 e. The van der Waals surface area contributed by atoms with Crippen molar-refractivity contribution < 1.29 is 34.6 Å². The molecule has 7 heteroatoms. The molecule has 12 heavy (non-hydrogen) atoms. The third-order valence-electron chi connectivity index (χ3n) is 0.566. The third kappa shape index (κ3) is 22.7. The van der Waals surface area contributed by atoms with E-state index in [1.807, 2.05) is 18.2 Å². The van der Waals surface area contributed by atoms with E-state index in [4.69, 9.17) is 17.5 Å². The summed E-state index contributed by atoms with van der Waals surface area (Å²) in [6.07, 6.45) is 3.50. The van der Waals surface area contributed by atoms with Gasteiger partial charge >= 0.3 is 10.4 Å². The van der Waals surface area contributed by atoms with E-state index in [0.717, 1.165) is 0 Å². The molecule has 1 aromatic heterocycles. The van der Waals surface area contributed by atoms with Crippen molar-refractivity contribution in [3.8, 4) is 0 Å². The Morgan fingerprint density at radius 2 is 1.33 bits per heavy atom. The molecule has 0 aliphatic carbocycles. The molecule has 0 saturated carbocycles. The molecule has 0 bridgehead atoms. The quantitative estimate of drug-likeness (QED) is 0.507. The molecular formula is C5H7CuNO4S. The molecule has 0 unspecified atom stereocenters. The molecule has 73 valence electrons. The van der Waals surface area contributed by atoms with Crippen LogP contribution in [-0.4, -0.2) is 22.5 Å². The van der Waals surface area contributed by atoms with Gasteiger partial charge in [0.2, 0.25) is 0 Å². The zero-order valence-electron chi connectivity index (χ0n) is 5.75. The summed E-state index contributed by atoms with van der Waals surface area (Å²) < 4.78 is 31.6. The summed E-state index contributed by atoms with van der Waals surface area (Å²) in [4.78, 5) is 3.78. The van der Waals surface area contributed by atoms with Crippen LogP contribution in [0.2, 0.25) is 0 Å². The van der Waals surface area contributed by atoms with Gasteiger partial charge in [0, 0.05) is 29.5 Å². The van der Waals surface area contributed by atoms with Crippen molar-refractivity contribution in [2.75, 3.05) is 0 Å². The zero-order valence-corrected chi connectivity index (χ0v) is 7.51. The largest absolute Gasteiger partial charge is 0.394 e. The SMILES string of the molecule is O=S(=O)(O)O.[Cu].c1ccncc1. The maximum absolute atomic E-state index is 8.74. The van der Waals surface area contributed by atoms with Crippen LogP contribution >= 0.6 is 0 Å². The molecule has 0 fully saturated rings. The molecule has 1 radical (unpaired) electrons. The first-order valence-electron chi connectivity index (χ1n) is 2.55. The van der Waals surface area contributed by atoms with Crippen LogP contribution in [0.3, 0.4) is 0 Å². The van der Waals surface area contributed by atoms with E-state index in [1.54, 1.807) is 12.4 Å². The van der Waals surface area contributed by atoms with Gasteiger partial charge in [0.25, 0.3) is 0 Å². The summed E-state index contributed by atoms with van der Waals surface area (Å²) in [5.41, 5.74) is 0. The second kappa shape index (κ2) is 7.20. The number of nitrogens with zero attached hydrogens (tertiary/aromatic N) is 1. The monoisotopic (exact) mass is 240 g/mol. The fourth-order valence-electron chi connectivity index (χ4n) is 0.313. The molecule has 0 amide bonds. The molecule has 1 heterocycles. The topological polar surface area (TPSA) is 87.5 Å². The van der Waals surface area contributed by atoms with Crippen LogP contribution in [0.1, 0.15) is 0 Å². The van der Waals surface area contributed by atoms with Gasteiger partial charge in [0.1, 0.15) is 0 Å². The summed E-state index contributed by atoms with van der Waals surface area (Å²) in [7, 11) is -4.67. The van der Waals surface area contributed by atoms with Crippen LogP contribution in [0.25, 0.3) is 0 Å². The van der Waals surface area contributed by atoms with E-state index in [1.165, 1.54) is 0 Å². The third-order valence-corrected chi connectivity index (χ3v) is 0.566. The Kier molecular flexibility index (Phi) is 8.45. The van der Waals surface area contributed by atoms with E-state index in [2.05, 4.69) is 4.98 Å². The normalized spacial score (nSPS) is 8.83. The molecule has 0 saturated heterocycles. The maximum atomic E-state index is 8.74. The fraction of sp³-hybridized carbons (Fsp3) is 0. The second-order valence-electron chi connectivity index (χ2n) is 1.47. The van der Waals surface area contributed by atoms with Crippen LogP contribution in [0.15, 0.2) is 30.6 Å². The summed E-state index contributed by atoms with van der Waals surface area (Å²) in [6, 6.07) is 5.72. The predicted molar refractivity (Wildman–Crippen MR) is 38.4 cm³/mol. The Labute approximate surface area is 80.9 Å². The van der Waals surface area contributed by atoms with Gasteiger partial charge in [0.05, 0.1) is 0 Å². The van der Waals surface area contributed by atoms with E-state index in [9.17, 15) is 0 Å². The van der Waals surface area contributed by atoms with Crippen LogP contribution in [-0.2, 0) is 27.5 Å². The van der Waals surface area contributed by atoms with Crippen molar-refractivity contribution in [2.24, 2.45) is 0 Å². The molecule has 0 aliphatic rings. The van der Waals surface area contributed by atoms with Gasteiger partial charge in [-0.3, -0.25) is 14.1 Å². The van der Waals surface area contributed by atoms with Crippen LogP contribution in [0, 0.1) is 0 Å². The molecule has 0 atom stereocenters. The van der Waals surface area contributed by atoms with E-state index < -0.39 is 10.4 Å². The van der Waals surface area contributed by atoms with Gasteiger partial charge in [-0.2, -0.15) is 8.42 Å². The minimum atomic E-state index is -4.67. The standard InChI is InChI=1S/C5H5N.Cu.H2O4S/c1-2-4-6-5-3-1;;1-5(2,3)4/h1-5H;;(H2,1,2,3,4). The molecule has 0 spiro atoms. The number of hydrogen-bond acceptors (Lipinski definition) is 3. The average Bonchev–Trinajstić information content (AvgIpc) is 1.88. The summed E-state index contributed by atoms with van der Waals surface area (Å²) in [6.45, 7) is 0. The van der Waals surface area contributed by atoms with Gasteiger partial charge in [-0.25, -0.2) is 0 Å². The van der Waals surface area contributed by atoms with Gasteiger partial charge in [-0.1, -0.05) is 6.07 Å². The fourth-order valence-corrected chi connectivity index (χ4v) is 0.313. The summed E-state index contributed by atoms with van der Waals surface area (Å²) >= 11 is 0. The summed E-state index contributed by atoms with van der Waals surface area (Å²) in [5.74, 6) is 0. The van der Waals surface area contributed by atoms with Crippen LogP contribution in [0.4, 0.5) is 0 Å². The van der Waals surface area contributed by atoms with Crippen molar-refractivity contribution in [3.63, 3.8) is 0 Å². The molecule has 5 nitrogen and oxygen atoms in total. The molecule has 2 N–H and O–H groups in total. The average molecular weight is 241 g/mol. The number of aromatic nitrogens is 1. The molecule has 1 rings (SSSR count). The second-order valence-corrected chi connectivity index (χ2v) is 2.37. The first-order valence-corrected chi connectivity index (χ1v) is 3.95. The number of hydrogen-bond donors (Lipinski definition) is 2.